The Hall–Kier alpha value is -2.55. The first-order valence-corrected chi connectivity index (χ1v) is 11.6. The van der Waals surface area contributed by atoms with Gasteiger partial charge in [0.05, 0.1) is 5.39 Å². The number of fused-ring (bicyclic) bond motifs is 3. The van der Waals surface area contributed by atoms with Crippen molar-refractivity contribution >= 4 is 27.5 Å². The molecule has 0 radical (unpaired) electrons. The van der Waals surface area contributed by atoms with Crippen molar-refractivity contribution in [2.45, 2.75) is 64.3 Å². The number of nitrogens with one attached hydrogen (secondary N) is 2. The fourth-order valence-electron chi connectivity index (χ4n) is 4.25. The summed E-state index contributed by atoms with van der Waals surface area (Å²) in [4.78, 5) is 34.6. The number of carbonyl (C=O) groups is 1. The minimum absolute atomic E-state index is 0.0467. The molecule has 5 rings (SSSR count). The summed E-state index contributed by atoms with van der Waals surface area (Å²) in [5.74, 6) is 2.12. The molecule has 2 aliphatic rings. The zero-order valence-corrected chi connectivity index (χ0v) is 17.9. The fourth-order valence-corrected chi connectivity index (χ4v) is 5.65. The van der Waals surface area contributed by atoms with Crippen LogP contribution in [0.1, 0.15) is 60.7 Å². The summed E-state index contributed by atoms with van der Waals surface area (Å²) >= 11 is 1.64. The Morgan fingerprint density at radius 2 is 2.20 bits per heavy atom. The number of hydrogen-bond donors (Lipinski definition) is 2. The Bertz CT molecular complexity index is 1140. The number of rotatable bonds is 7. The van der Waals surface area contributed by atoms with E-state index in [4.69, 9.17) is 0 Å². The highest BCUT2D eigenvalue weighted by Crippen LogP contribution is 2.36. The van der Waals surface area contributed by atoms with Crippen molar-refractivity contribution in [1.29, 1.82) is 0 Å². The number of amides is 1. The van der Waals surface area contributed by atoms with E-state index in [0.29, 0.717) is 43.6 Å². The number of hydrogen-bond acceptors (Lipinski definition) is 6. The predicted molar refractivity (Wildman–Crippen MR) is 115 cm³/mol. The largest absolute Gasteiger partial charge is 0.356 e. The average molecular weight is 427 g/mol. The lowest BCUT2D eigenvalue weighted by Gasteiger charge is -2.17. The highest BCUT2D eigenvalue weighted by Gasteiger charge is 2.26. The molecular formula is C21H26N6O2S. The van der Waals surface area contributed by atoms with Crippen molar-refractivity contribution in [3.8, 4) is 0 Å². The standard InChI is InChI=1S/C21H26N6O2S/c1-12-2-5-14-15(10-12)30-21-19(14)20(29)24-16(25-21)6-7-18(28)22-9-8-17-26-23-11-27(17)13-3-4-13/h11-13H,2-10H2,1H3,(H,22,28)(H,24,25,29). The molecule has 0 bridgehead atoms. The van der Waals surface area contributed by atoms with Crippen LogP contribution in [0.2, 0.25) is 0 Å². The van der Waals surface area contributed by atoms with Gasteiger partial charge in [-0.25, -0.2) is 4.98 Å². The average Bonchev–Trinajstić information content (AvgIpc) is 3.34. The monoisotopic (exact) mass is 426 g/mol. The second-order valence-corrected chi connectivity index (χ2v) is 9.61. The highest BCUT2D eigenvalue weighted by atomic mass is 32.1. The highest BCUT2D eigenvalue weighted by molar-refractivity contribution is 7.18. The number of thiophene rings is 1. The van der Waals surface area contributed by atoms with E-state index in [2.05, 4.69) is 37.0 Å². The second kappa shape index (κ2) is 7.94. The number of aromatic nitrogens is 5. The maximum atomic E-state index is 12.6. The van der Waals surface area contributed by atoms with Gasteiger partial charge in [-0.2, -0.15) is 0 Å². The van der Waals surface area contributed by atoms with Gasteiger partial charge in [-0.3, -0.25) is 9.59 Å². The number of aryl methyl sites for hydroxylation is 2. The van der Waals surface area contributed by atoms with Gasteiger partial charge in [0.25, 0.3) is 5.56 Å². The second-order valence-electron chi connectivity index (χ2n) is 8.53. The third kappa shape index (κ3) is 3.90. The molecule has 0 aromatic carbocycles. The molecule has 3 aromatic heterocycles. The molecular weight excluding hydrogens is 400 g/mol. The van der Waals surface area contributed by atoms with Gasteiger partial charge in [-0.1, -0.05) is 6.92 Å². The Kier molecular flexibility index (Phi) is 5.14. The Morgan fingerprint density at radius 1 is 1.33 bits per heavy atom. The van der Waals surface area contributed by atoms with Crippen molar-refractivity contribution < 1.29 is 4.79 Å². The molecule has 158 valence electrons. The minimum atomic E-state index is -0.0677. The summed E-state index contributed by atoms with van der Waals surface area (Å²) < 4.78 is 2.11. The van der Waals surface area contributed by atoms with E-state index >= 15 is 0 Å². The Morgan fingerprint density at radius 3 is 3.03 bits per heavy atom. The molecule has 0 saturated heterocycles. The topological polar surface area (TPSA) is 106 Å². The molecule has 0 spiro atoms. The molecule has 1 fully saturated rings. The minimum Gasteiger partial charge on any atom is -0.356 e. The van der Waals surface area contributed by atoms with Crippen molar-refractivity contribution in [1.82, 2.24) is 30.0 Å². The van der Waals surface area contributed by atoms with E-state index < -0.39 is 0 Å². The summed E-state index contributed by atoms with van der Waals surface area (Å²) in [5.41, 5.74) is 1.12. The van der Waals surface area contributed by atoms with Gasteiger partial charge >= 0.3 is 0 Å². The summed E-state index contributed by atoms with van der Waals surface area (Å²) in [6, 6.07) is 0.537. The van der Waals surface area contributed by atoms with Crippen LogP contribution in [0.15, 0.2) is 11.1 Å². The van der Waals surface area contributed by atoms with Gasteiger partial charge in [0, 0.05) is 36.7 Å². The first-order chi connectivity index (χ1) is 14.6. The van der Waals surface area contributed by atoms with Crippen LogP contribution in [0.4, 0.5) is 0 Å². The van der Waals surface area contributed by atoms with Crippen LogP contribution >= 0.6 is 11.3 Å². The molecule has 1 saturated carbocycles. The molecule has 0 aliphatic heterocycles. The van der Waals surface area contributed by atoms with Gasteiger partial charge in [0.2, 0.25) is 5.91 Å². The third-order valence-corrected chi connectivity index (χ3v) is 7.21. The van der Waals surface area contributed by atoms with E-state index in [1.807, 2.05) is 0 Å². The zero-order chi connectivity index (χ0) is 20.7. The van der Waals surface area contributed by atoms with E-state index in [9.17, 15) is 9.59 Å². The van der Waals surface area contributed by atoms with E-state index in [1.54, 1.807) is 17.7 Å². The molecule has 30 heavy (non-hydrogen) atoms. The molecule has 8 nitrogen and oxygen atoms in total. The van der Waals surface area contributed by atoms with Crippen LogP contribution in [0, 0.1) is 5.92 Å². The maximum Gasteiger partial charge on any atom is 0.259 e. The van der Waals surface area contributed by atoms with Crippen LogP contribution in [-0.4, -0.2) is 37.2 Å². The first-order valence-electron chi connectivity index (χ1n) is 10.8. The molecule has 1 atom stereocenters. The lowest BCUT2D eigenvalue weighted by molar-refractivity contribution is -0.121. The van der Waals surface area contributed by atoms with E-state index in [-0.39, 0.29) is 11.5 Å². The molecule has 1 amide bonds. The third-order valence-electron chi connectivity index (χ3n) is 6.06. The van der Waals surface area contributed by atoms with Crippen LogP contribution < -0.4 is 10.9 Å². The maximum absolute atomic E-state index is 12.6. The van der Waals surface area contributed by atoms with Crippen LogP contribution in [0.25, 0.3) is 10.2 Å². The summed E-state index contributed by atoms with van der Waals surface area (Å²) in [5, 5.41) is 11.8. The quantitative estimate of drug-likeness (QED) is 0.603. The van der Waals surface area contributed by atoms with Crippen molar-refractivity contribution in [3.63, 3.8) is 0 Å². The Balaban J connectivity index is 1.18. The van der Waals surface area contributed by atoms with Crippen molar-refractivity contribution in [3.05, 3.63) is 38.8 Å². The van der Waals surface area contributed by atoms with Crippen LogP contribution in [0.3, 0.4) is 0 Å². The zero-order valence-electron chi connectivity index (χ0n) is 17.1. The number of H-pyrrole nitrogens is 1. The summed E-state index contributed by atoms with van der Waals surface area (Å²) in [6.45, 7) is 2.79. The molecule has 2 aliphatic carbocycles. The molecule has 2 N–H and O–H groups in total. The molecule has 1 unspecified atom stereocenters. The number of nitrogens with zero attached hydrogens (tertiary/aromatic N) is 4. The van der Waals surface area contributed by atoms with E-state index in [0.717, 1.165) is 35.3 Å². The van der Waals surface area contributed by atoms with Crippen LogP contribution in [0.5, 0.6) is 0 Å². The van der Waals surface area contributed by atoms with E-state index in [1.165, 1.54) is 23.3 Å². The van der Waals surface area contributed by atoms with Gasteiger partial charge in [-0.15, -0.1) is 21.5 Å². The number of carbonyl (C=O) groups excluding carboxylic acids is 1. The lowest BCUT2D eigenvalue weighted by Crippen LogP contribution is -2.27. The lowest BCUT2D eigenvalue weighted by atomic mass is 9.89. The fraction of sp³-hybridized carbons (Fsp3) is 0.571. The number of aromatic amines is 1. The van der Waals surface area contributed by atoms with Gasteiger partial charge < -0.3 is 14.9 Å². The van der Waals surface area contributed by atoms with Crippen LogP contribution in [-0.2, 0) is 30.5 Å². The van der Waals surface area contributed by atoms with Gasteiger partial charge in [0.15, 0.2) is 0 Å². The van der Waals surface area contributed by atoms with Crippen molar-refractivity contribution in [2.75, 3.05) is 6.54 Å². The predicted octanol–water partition coefficient (Wildman–Crippen LogP) is 2.33. The molecule has 9 heteroatoms. The molecule has 3 aromatic rings. The first kappa shape index (κ1) is 19.4. The Labute approximate surface area is 178 Å². The van der Waals surface area contributed by atoms with Gasteiger partial charge in [0.1, 0.15) is 22.8 Å². The SMILES string of the molecule is CC1CCc2c(sc3nc(CCC(=O)NCCc4nncn4C4CC4)[nH]c(=O)c23)C1. The summed E-state index contributed by atoms with van der Waals surface area (Å²) in [6.07, 6.45) is 8.63. The normalized spacial score (nSPS) is 18.5. The summed E-state index contributed by atoms with van der Waals surface area (Å²) in [7, 11) is 0. The van der Waals surface area contributed by atoms with Gasteiger partial charge in [-0.05, 0) is 43.6 Å². The van der Waals surface area contributed by atoms with Crippen molar-refractivity contribution in [2.24, 2.45) is 5.92 Å². The molecule has 3 heterocycles. The smallest absolute Gasteiger partial charge is 0.259 e.